The van der Waals surface area contributed by atoms with E-state index >= 15 is 0 Å². The number of carboxylic acids is 2. The van der Waals surface area contributed by atoms with Crippen LogP contribution in [0.1, 0.15) is 22.6 Å². The average Bonchev–Trinajstić information content (AvgIpc) is 3.41. The van der Waals surface area contributed by atoms with E-state index in [2.05, 4.69) is 20.2 Å². The van der Waals surface area contributed by atoms with Gasteiger partial charge in [-0.3, -0.25) is 34.2 Å². The molecule has 0 saturated carbocycles. The first-order valence-corrected chi connectivity index (χ1v) is 14.3. The van der Waals surface area contributed by atoms with Crippen molar-refractivity contribution in [3.05, 3.63) is 59.2 Å². The summed E-state index contributed by atoms with van der Waals surface area (Å²) < 4.78 is 43.6. The van der Waals surface area contributed by atoms with Crippen LogP contribution < -0.4 is 0 Å². The number of rotatable bonds is 4. The minimum Gasteiger partial charge on any atom is -0.480 e. The molecule has 6 rings (SSSR count). The zero-order valence-electron chi connectivity index (χ0n) is 24.3. The number of nitrogens with zero attached hydrogens (tertiary/aromatic N) is 9. The van der Waals surface area contributed by atoms with Crippen LogP contribution in [0.3, 0.4) is 0 Å². The van der Waals surface area contributed by atoms with Crippen LogP contribution in [0.2, 0.25) is 0 Å². The Morgan fingerprint density at radius 3 is 1.82 bits per heavy atom. The third-order valence-corrected chi connectivity index (χ3v) is 7.68. The zero-order chi connectivity index (χ0) is 31.3. The number of aliphatic carboxylic acids is 2. The second-order valence-corrected chi connectivity index (χ2v) is 11.0. The molecule has 250 valence electrons. The summed E-state index contributed by atoms with van der Waals surface area (Å²) >= 11 is 0. The summed E-state index contributed by atoms with van der Waals surface area (Å²) in [5, 5.41) is 27.2. The van der Waals surface area contributed by atoms with Gasteiger partial charge in [-0.05, 0) is 24.3 Å². The van der Waals surface area contributed by atoms with Crippen molar-refractivity contribution < 1.29 is 79.9 Å². The van der Waals surface area contributed by atoms with Crippen LogP contribution in [0.25, 0.3) is 11.4 Å². The van der Waals surface area contributed by atoms with Gasteiger partial charge in [0.2, 0.25) is 0 Å². The van der Waals surface area contributed by atoms with Crippen LogP contribution in [-0.4, -0.2) is 132 Å². The molecule has 2 N–H and O–H groups in total. The van der Waals surface area contributed by atoms with Gasteiger partial charge in [0, 0.05) is 112 Å². The number of hydrogen-bond acceptors (Lipinski definition) is 10. The molecule has 0 atom stereocenters. The van der Waals surface area contributed by atoms with E-state index < -0.39 is 23.7 Å². The third-order valence-electron chi connectivity index (χ3n) is 7.68. The quantitative estimate of drug-likeness (QED) is 0.392. The summed E-state index contributed by atoms with van der Waals surface area (Å²) in [6.07, 6.45) is -3.11. The van der Waals surface area contributed by atoms with Gasteiger partial charge in [0.05, 0.1) is 54.2 Å². The van der Waals surface area contributed by atoms with Gasteiger partial charge >= 0.3 is 18.1 Å². The van der Waals surface area contributed by atoms with Crippen LogP contribution in [0.15, 0.2) is 36.5 Å². The van der Waals surface area contributed by atoms with Crippen molar-refractivity contribution >= 4 is 11.9 Å². The molecule has 13 nitrogen and oxygen atoms in total. The summed E-state index contributed by atoms with van der Waals surface area (Å²) in [6.45, 7) is 3.24. The van der Waals surface area contributed by atoms with Gasteiger partial charge in [-0.15, -0.1) is 5.10 Å². The Morgan fingerprint density at radius 1 is 0.756 bits per heavy atom. The predicted molar refractivity (Wildman–Crippen MR) is 150 cm³/mol. The largest absolute Gasteiger partial charge is 0.480 e. The molecule has 0 aliphatic carbocycles. The molecule has 1 fully saturated rings. The maximum absolute atomic E-state index is 14.0. The molecule has 45 heavy (non-hydrogen) atoms. The molecule has 1 saturated heterocycles. The summed E-state index contributed by atoms with van der Waals surface area (Å²) in [4.78, 5) is 40.4. The Hall–Kier alpha value is -2.47. The van der Waals surface area contributed by atoms with Crippen LogP contribution in [0.4, 0.5) is 13.2 Å². The van der Waals surface area contributed by atoms with Crippen molar-refractivity contribution in [2.24, 2.45) is 0 Å². The van der Waals surface area contributed by atoms with E-state index in [1.807, 2.05) is 17.0 Å². The van der Waals surface area contributed by atoms with Gasteiger partial charge < -0.3 is 10.2 Å². The summed E-state index contributed by atoms with van der Waals surface area (Å²) in [6, 6.07) is 7.47. The van der Waals surface area contributed by atoms with E-state index in [0.717, 1.165) is 12.1 Å². The van der Waals surface area contributed by atoms with Crippen molar-refractivity contribution in [1.82, 2.24) is 44.6 Å². The number of hydrogen-bond donors (Lipinski definition) is 2. The number of carbonyl (C=O) groups is 2. The van der Waals surface area contributed by atoms with Crippen LogP contribution in [0, 0.1) is 46.9 Å². The number of carboxylic acid groups (broad SMARTS) is 2. The fraction of sp³-hybridized carbons (Fsp3) is 0.500. The van der Waals surface area contributed by atoms with E-state index in [4.69, 9.17) is 4.98 Å². The summed E-state index contributed by atoms with van der Waals surface area (Å²) in [5.74, 6) is -1.96. The Labute approximate surface area is 296 Å². The molecular formula is C28H34F3N9O4Yb. The molecule has 0 aromatic carbocycles. The summed E-state index contributed by atoms with van der Waals surface area (Å²) in [5.41, 5.74) is 1.25. The molecule has 0 spiro atoms. The Kier molecular flexibility index (Phi) is 12.5. The SMILES string of the molecule is O=C(O)CN1CCN2CCN(CC(=O)O)CCN(CC1)Cc1cccc(n1)-c1cnnn1Cc1cc(C(F)(F)F)cc(n1)C2.[Yb]. The first-order chi connectivity index (χ1) is 21.0. The number of fused-ring (bicyclic) bond motifs is 8. The third kappa shape index (κ3) is 10.3. The first-order valence-electron chi connectivity index (χ1n) is 14.3. The molecule has 3 aromatic heterocycles. The van der Waals surface area contributed by atoms with Crippen molar-refractivity contribution in [1.29, 1.82) is 0 Å². The van der Waals surface area contributed by atoms with Crippen molar-refractivity contribution in [3.8, 4) is 11.4 Å². The second-order valence-electron chi connectivity index (χ2n) is 11.0. The van der Waals surface area contributed by atoms with Gasteiger partial charge in [0.1, 0.15) is 5.69 Å². The molecule has 3 aliphatic rings. The van der Waals surface area contributed by atoms with Crippen LogP contribution >= 0.6 is 0 Å². The summed E-state index contributed by atoms with van der Waals surface area (Å²) in [7, 11) is 0. The molecule has 17 heteroatoms. The maximum Gasteiger partial charge on any atom is 0.416 e. The van der Waals surface area contributed by atoms with Crippen molar-refractivity contribution in [2.45, 2.75) is 25.8 Å². The fourth-order valence-electron chi connectivity index (χ4n) is 5.46. The number of halogens is 3. The van der Waals surface area contributed by atoms with Gasteiger partial charge in [-0.1, -0.05) is 11.3 Å². The van der Waals surface area contributed by atoms with Gasteiger partial charge in [0.15, 0.2) is 0 Å². The minimum absolute atomic E-state index is 0. The van der Waals surface area contributed by atoms with Crippen molar-refractivity contribution in [2.75, 3.05) is 65.4 Å². The van der Waals surface area contributed by atoms with Gasteiger partial charge in [0.25, 0.3) is 0 Å². The normalized spacial score (nSPS) is 20.4. The number of aromatic nitrogens is 5. The number of pyridine rings is 2. The van der Waals surface area contributed by atoms with Gasteiger partial charge in [-0.25, -0.2) is 9.67 Å². The molecular weight excluding hydrogens is 756 g/mol. The first kappa shape index (κ1) is 35.4. The predicted octanol–water partition coefficient (Wildman–Crippen LogP) is 1.21. The number of alkyl halides is 3. The van der Waals surface area contributed by atoms with Crippen LogP contribution in [-0.2, 0) is 35.4 Å². The fourth-order valence-corrected chi connectivity index (χ4v) is 5.46. The molecule has 0 radical (unpaired) electrons. The molecule has 0 unspecified atom stereocenters. The Morgan fingerprint density at radius 2 is 1.29 bits per heavy atom. The van der Waals surface area contributed by atoms with E-state index in [0.29, 0.717) is 76.0 Å². The van der Waals surface area contributed by atoms with E-state index in [1.165, 1.54) is 10.9 Å². The smallest absolute Gasteiger partial charge is 0.416 e. The van der Waals surface area contributed by atoms with Crippen molar-refractivity contribution in [3.63, 3.8) is 0 Å². The molecule has 3 aromatic rings. The van der Waals surface area contributed by atoms with E-state index in [1.54, 1.807) is 15.9 Å². The van der Waals surface area contributed by atoms with E-state index in [-0.39, 0.29) is 84.5 Å². The zero-order valence-corrected chi connectivity index (χ0v) is 26.0. The Balaban J connectivity index is 0.00000461. The molecule has 6 heterocycles. The standard InChI is InChI=1S/C28H34F3N9O4.Yb/c29-28(30,31)20-12-22-16-37-6-10-38(18-26(41)42)8-4-36(5-9-39(11-7-37)19-27(43)44)15-21-2-1-3-24(34-21)25-14-32-35-40(25)17-23(13-20)33-22;/h1-3,12-14H,4-11,15-19H2,(H,41,42)(H,43,44);. The molecule has 6 bridgehead atoms. The maximum atomic E-state index is 14.0. The average molecular weight is 791 g/mol. The molecule has 0 amide bonds. The van der Waals surface area contributed by atoms with Crippen LogP contribution in [0.5, 0.6) is 0 Å². The monoisotopic (exact) mass is 791 g/mol. The topological polar surface area (TPSA) is 144 Å². The van der Waals surface area contributed by atoms with Gasteiger partial charge in [-0.2, -0.15) is 13.2 Å². The Bertz CT molecular complexity index is 1440. The molecule has 3 aliphatic heterocycles. The van der Waals surface area contributed by atoms with E-state index in [9.17, 15) is 33.0 Å². The minimum atomic E-state index is -4.62. The second kappa shape index (κ2) is 15.9.